The number of amides is 2. The van der Waals surface area contributed by atoms with Gasteiger partial charge in [-0.2, -0.15) is 0 Å². The van der Waals surface area contributed by atoms with Crippen molar-refractivity contribution < 1.29 is 19.1 Å². The number of aryl methyl sites for hydroxylation is 1. The van der Waals surface area contributed by atoms with Gasteiger partial charge in [0.15, 0.2) is 6.61 Å². The number of ether oxygens (including phenoxy) is 1. The lowest BCUT2D eigenvalue weighted by atomic mass is 10.1. The SMILES string of the molecule is C=CCn1c(C)cc(C(=O)COC(=O)c2ccc(NC(N)=O)cc2)c1C. The summed E-state index contributed by atoms with van der Waals surface area (Å²) >= 11 is 0. The number of hydrogen-bond acceptors (Lipinski definition) is 4. The van der Waals surface area contributed by atoms with Crippen molar-refractivity contribution in [2.75, 3.05) is 11.9 Å². The van der Waals surface area contributed by atoms with Gasteiger partial charge in [-0.3, -0.25) is 4.79 Å². The average Bonchev–Trinajstić information content (AvgIpc) is 2.88. The number of primary amides is 1. The molecule has 7 nitrogen and oxygen atoms in total. The summed E-state index contributed by atoms with van der Waals surface area (Å²) in [5, 5.41) is 2.39. The van der Waals surface area contributed by atoms with Gasteiger partial charge in [0.25, 0.3) is 0 Å². The van der Waals surface area contributed by atoms with Crippen LogP contribution >= 0.6 is 0 Å². The minimum atomic E-state index is -0.694. The number of allylic oxidation sites excluding steroid dienone is 1. The fourth-order valence-electron chi connectivity index (χ4n) is 2.62. The van der Waals surface area contributed by atoms with E-state index >= 15 is 0 Å². The molecule has 0 aliphatic heterocycles. The van der Waals surface area contributed by atoms with Crippen molar-refractivity contribution in [3.8, 4) is 0 Å². The first-order chi connectivity index (χ1) is 12.3. The molecule has 2 aromatic rings. The largest absolute Gasteiger partial charge is 0.454 e. The van der Waals surface area contributed by atoms with E-state index in [2.05, 4.69) is 11.9 Å². The van der Waals surface area contributed by atoms with E-state index in [9.17, 15) is 14.4 Å². The summed E-state index contributed by atoms with van der Waals surface area (Å²) in [7, 11) is 0. The highest BCUT2D eigenvalue weighted by Crippen LogP contribution is 2.16. The summed E-state index contributed by atoms with van der Waals surface area (Å²) in [5.41, 5.74) is 8.02. The lowest BCUT2D eigenvalue weighted by Gasteiger charge is -2.07. The number of rotatable bonds is 7. The van der Waals surface area contributed by atoms with E-state index in [4.69, 9.17) is 10.5 Å². The number of carbonyl (C=O) groups is 3. The monoisotopic (exact) mass is 355 g/mol. The Morgan fingerprint density at radius 1 is 1.23 bits per heavy atom. The number of benzene rings is 1. The number of anilines is 1. The molecule has 0 saturated carbocycles. The molecule has 0 aliphatic rings. The van der Waals surface area contributed by atoms with Crippen LogP contribution in [0.5, 0.6) is 0 Å². The predicted molar refractivity (Wildman–Crippen MR) is 98.4 cm³/mol. The van der Waals surface area contributed by atoms with Crippen LogP contribution in [0, 0.1) is 13.8 Å². The molecule has 26 heavy (non-hydrogen) atoms. The highest BCUT2D eigenvalue weighted by atomic mass is 16.5. The summed E-state index contributed by atoms with van der Waals surface area (Å²) in [6.45, 7) is 7.71. The summed E-state index contributed by atoms with van der Waals surface area (Å²) in [4.78, 5) is 35.2. The molecule has 0 saturated heterocycles. The van der Waals surface area contributed by atoms with Gasteiger partial charge in [-0.25, -0.2) is 9.59 Å². The van der Waals surface area contributed by atoms with Crippen molar-refractivity contribution in [1.82, 2.24) is 4.57 Å². The van der Waals surface area contributed by atoms with Crippen molar-refractivity contribution in [2.24, 2.45) is 5.73 Å². The molecule has 1 heterocycles. The van der Waals surface area contributed by atoms with Crippen molar-refractivity contribution in [3.63, 3.8) is 0 Å². The average molecular weight is 355 g/mol. The summed E-state index contributed by atoms with van der Waals surface area (Å²) < 4.78 is 7.06. The quantitative estimate of drug-likeness (QED) is 0.453. The normalized spacial score (nSPS) is 10.2. The van der Waals surface area contributed by atoms with Crippen molar-refractivity contribution >= 4 is 23.5 Å². The Labute approximate surface area is 151 Å². The molecule has 3 N–H and O–H groups in total. The lowest BCUT2D eigenvalue weighted by Crippen LogP contribution is -2.19. The van der Waals surface area contributed by atoms with Crippen LogP contribution in [0.2, 0.25) is 0 Å². The van der Waals surface area contributed by atoms with E-state index in [1.807, 2.05) is 18.4 Å². The maximum absolute atomic E-state index is 12.4. The standard InChI is InChI=1S/C19H21N3O4/c1-4-9-22-12(2)10-16(13(22)3)17(23)11-26-18(24)14-5-7-15(8-6-14)21-19(20)25/h4-8,10H,1,9,11H2,2-3H3,(H3,20,21,25). The second kappa shape index (κ2) is 8.15. The van der Waals surface area contributed by atoms with Gasteiger partial charge >= 0.3 is 12.0 Å². The third kappa shape index (κ3) is 4.38. The second-order valence-corrected chi connectivity index (χ2v) is 5.75. The van der Waals surface area contributed by atoms with Gasteiger partial charge in [0.1, 0.15) is 0 Å². The van der Waals surface area contributed by atoms with E-state index in [0.29, 0.717) is 17.8 Å². The molecule has 1 aromatic heterocycles. The molecule has 0 atom stereocenters. The molecular weight excluding hydrogens is 334 g/mol. The molecule has 1 aromatic carbocycles. The number of aromatic nitrogens is 1. The summed E-state index contributed by atoms with van der Waals surface area (Å²) in [5.74, 6) is -0.891. The fourth-order valence-corrected chi connectivity index (χ4v) is 2.62. The van der Waals surface area contributed by atoms with Crippen molar-refractivity contribution in [3.05, 3.63) is 65.5 Å². The molecule has 0 aliphatic carbocycles. The maximum atomic E-state index is 12.4. The van der Waals surface area contributed by atoms with Gasteiger partial charge < -0.3 is 20.4 Å². The number of nitrogens with two attached hydrogens (primary N) is 1. The molecule has 0 bridgehead atoms. The Bertz CT molecular complexity index is 850. The third-order valence-corrected chi connectivity index (χ3v) is 3.91. The number of hydrogen-bond donors (Lipinski definition) is 2. The zero-order chi connectivity index (χ0) is 19.3. The molecule has 7 heteroatoms. The van der Waals surface area contributed by atoms with Gasteiger partial charge in [0.2, 0.25) is 5.78 Å². The summed E-state index contributed by atoms with van der Waals surface area (Å²) in [6.07, 6.45) is 1.75. The zero-order valence-electron chi connectivity index (χ0n) is 14.7. The first kappa shape index (κ1) is 19.0. The van der Waals surface area contributed by atoms with E-state index in [0.717, 1.165) is 11.4 Å². The zero-order valence-corrected chi connectivity index (χ0v) is 14.7. The molecule has 0 unspecified atom stereocenters. The molecule has 0 fully saturated rings. The molecule has 2 rings (SSSR count). The van der Waals surface area contributed by atoms with E-state index in [1.165, 1.54) is 24.3 Å². The lowest BCUT2D eigenvalue weighted by molar-refractivity contribution is 0.0474. The minimum Gasteiger partial charge on any atom is -0.454 e. The molecule has 0 spiro atoms. The van der Waals surface area contributed by atoms with Gasteiger partial charge in [-0.1, -0.05) is 6.08 Å². The van der Waals surface area contributed by atoms with Crippen LogP contribution in [-0.4, -0.2) is 29.0 Å². The van der Waals surface area contributed by atoms with E-state index in [-0.39, 0.29) is 18.0 Å². The van der Waals surface area contributed by atoms with Crippen LogP contribution < -0.4 is 11.1 Å². The van der Waals surface area contributed by atoms with Gasteiger partial charge in [0, 0.05) is 29.2 Å². The van der Waals surface area contributed by atoms with Crippen LogP contribution in [0.25, 0.3) is 0 Å². The topological polar surface area (TPSA) is 103 Å². The first-order valence-corrected chi connectivity index (χ1v) is 7.98. The van der Waals surface area contributed by atoms with Crippen LogP contribution in [0.4, 0.5) is 10.5 Å². The molecule has 0 radical (unpaired) electrons. The summed E-state index contributed by atoms with van der Waals surface area (Å²) in [6, 6.07) is 7.08. The number of urea groups is 1. The number of nitrogens with one attached hydrogen (secondary N) is 1. The number of nitrogens with zero attached hydrogens (tertiary/aromatic N) is 1. The number of Topliss-reactive ketones (excluding diaryl/α,β-unsaturated/α-hetero) is 1. The van der Waals surface area contributed by atoms with Crippen molar-refractivity contribution in [1.29, 1.82) is 0 Å². The Morgan fingerprint density at radius 3 is 2.46 bits per heavy atom. The molecular formula is C19H21N3O4. The number of ketones is 1. The number of esters is 1. The highest BCUT2D eigenvalue weighted by molar-refractivity contribution is 6.00. The van der Waals surface area contributed by atoms with Crippen LogP contribution in [0.3, 0.4) is 0 Å². The maximum Gasteiger partial charge on any atom is 0.338 e. The first-order valence-electron chi connectivity index (χ1n) is 7.98. The fraction of sp³-hybridized carbons (Fsp3) is 0.211. The minimum absolute atomic E-state index is 0.268. The van der Waals surface area contributed by atoms with Gasteiger partial charge in [-0.05, 0) is 44.2 Å². The highest BCUT2D eigenvalue weighted by Gasteiger charge is 2.17. The molecule has 136 valence electrons. The smallest absolute Gasteiger partial charge is 0.338 e. The van der Waals surface area contributed by atoms with Crippen LogP contribution in [0.15, 0.2) is 43.0 Å². The van der Waals surface area contributed by atoms with E-state index < -0.39 is 12.0 Å². The Morgan fingerprint density at radius 2 is 1.88 bits per heavy atom. The van der Waals surface area contributed by atoms with Crippen LogP contribution in [0.1, 0.15) is 32.1 Å². The predicted octanol–water partition coefficient (Wildman–Crippen LogP) is 2.82. The van der Waals surface area contributed by atoms with Gasteiger partial charge in [-0.15, -0.1) is 6.58 Å². The third-order valence-electron chi connectivity index (χ3n) is 3.91. The Hall–Kier alpha value is -3.35. The van der Waals surface area contributed by atoms with Gasteiger partial charge in [0.05, 0.1) is 5.56 Å². The number of carbonyl (C=O) groups excluding carboxylic acids is 3. The molecule has 2 amide bonds. The Balaban J connectivity index is 2.01. The van der Waals surface area contributed by atoms with E-state index in [1.54, 1.807) is 12.1 Å². The van der Waals surface area contributed by atoms with Crippen LogP contribution in [-0.2, 0) is 11.3 Å². The second-order valence-electron chi connectivity index (χ2n) is 5.75. The Kier molecular flexibility index (Phi) is 5.95. The van der Waals surface area contributed by atoms with Crippen molar-refractivity contribution in [2.45, 2.75) is 20.4 Å².